The number of fused-ring (bicyclic) bond motifs is 1. The zero-order chi connectivity index (χ0) is 23.6. The summed E-state index contributed by atoms with van der Waals surface area (Å²) in [4.78, 5) is 14.3. The predicted molar refractivity (Wildman–Crippen MR) is 130 cm³/mol. The number of carbonyl (C=O) groups is 1. The Bertz CT molecular complexity index is 1120. The molecule has 1 aliphatic heterocycles. The Morgan fingerprint density at radius 2 is 1.79 bits per heavy atom. The van der Waals surface area contributed by atoms with E-state index < -0.39 is 23.4 Å². The van der Waals surface area contributed by atoms with Crippen molar-refractivity contribution in [1.82, 2.24) is 4.90 Å². The van der Waals surface area contributed by atoms with Gasteiger partial charge in [0.2, 0.25) is 0 Å². The van der Waals surface area contributed by atoms with Crippen LogP contribution in [-0.4, -0.2) is 40.9 Å². The van der Waals surface area contributed by atoms with Crippen molar-refractivity contribution in [3.63, 3.8) is 0 Å². The summed E-state index contributed by atoms with van der Waals surface area (Å²) in [6.07, 6.45) is -0.706. The number of ether oxygens (including phenoxy) is 2. The number of rotatable bonds is 4. The van der Waals surface area contributed by atoms with E-state index >= 15 is 0 Å². The first-order chi connectivity index (χ1) is 15.6. The second-order valence-corrected chi connectivity index (χ2v) is 10.0. The fraction of sp³-hybridized carbons (Fsp3) is 0.370. The molecule has 2 unspecified atom stereocenters. The highest BCUT2D eigenvalue weighted by Crippen LogP contribution is 2.36. The largest absolute Gasteiger partial charge is 0.444 e. The minimum absolute atomic E-state index is 0.224. The van der Waals surface area contributed by atoms with E-state index in [2.05, 4.69) is 24.3 Å². The molecule has 0 spiro atoms. The van der Waals surface area contributed by atoms with Gasteiger partial charge in [0.05, 0.1) is 13.2 Å². The summed E-state index contributed by atoms with van der Waals surface area (Å²) in [5.74, 6) is 0. The molecule has 0 bridgehead atoms. The average molecular weight is 468 g/mol. The second kappa shape index (κ2) is 9.34. The molecule has 1 aliphatic rings. The molecule has 1 heterocycles. The molecule has 3 aromatic rings. The molecule has 4 rings (SSSR count). The molecule has 0 aromatic heterocycles. The van der Waals surface area contributed by atoms with E-state index in [9.17, 15) is 9.90 Å². The Morgan fingerprint density at radius 3 is 2.48 bits per heavy atom. The molecule has 3 aromatic carbocycles. The fourth-order valence-electron chi connectivity index (χ4n) is 4.19. The summed E-state index contributed by atoms with van der Waals surface area (Å²) in [5, 5.41) is 14.6. The third-order valence-corrected chi connectivity index (χ3v) is 6.19. The maximum atomic E-state index is 12.7. The molecule has 1 fully saturated rings. The third kappa shape index (κ3) is 5.49. The number of amides is 1. The van der Waals surface area contributed by atoms with Crippen molar-refractivity contribution in [2.45, 2.75) is 51.1 Å². The van der Waals surface area contributed by atoms with Crippen LogP contribution in [0.2, 0.25) is 5.02 Å². The first kappa shape index (κ1) is 23.6. The van der Waals surface area contributed by atoms with Gasteiger partial charge < -0.3 is 19.5 Å². The van der Waals surface area contributed by atoms with Crippen LogP contribution in [0.4, 0.5) is 4.79 Å². The van der Waals surface area contributed by atoms with Crippen LogP contribution in [0.3, 0.4) is 0 Å². The monoisotopic (exact) mass is 467 g/mol. The maximum Gasteiger partial charge on any atom is 0.410 e. The van der Waals surface area contributed by atoms with Crippen LogP contribution in [0.1, 0.15) is 38.3 Å². The number of nitrogens with zero attached hydrogens (tertiary/aromatic N) is 1. The minimum Gasteiger partial charge on any atom is -0.444 e. The molecule has 1 saturated heterocycles. The number of aliphatic hydroxyl groups is 1. The van der Waals surface area contributed by atoms with Crippen LogP contribution < -0.4 is 0 Å². The average Bonchev–Trinajstić information content (AvgIpc) is 2.77. The van der Waals surface area contributed by atoms with Gasteiger partial charge in [0.25, 0.3) is 0 Å². The number of benzene rings is 3. The van der Waals surface area contributed by atoms with E-state index in [4.69, 9.17) is 21.1 Å². The quantitative estimate of drug-likeness (QED) is 0.518. The molecule has 0 radical (unpaired) electrons. The molecule has 5 nitrogen and oxygen atoms in total. The van der Waals surface area contributed by atoms with Gasteiger partial charge in [0.15, 0.2) is 0 Å². The molecule has 1 amide bonds. The lowest BCUT2D eigenvalue weighted by Gasteiger charge is -2.44. The molecular formula is C27H30ClNO4. The van der Waals surface area contributed by atoms with Crippen LogP contribution in [0.15, 0.2) is 66.7 Å². The van der Waals surface area contributed by atoms with E-state index in [0.29, 0.717) is 24.6 Å². The van der Waals surface area contributed by atoms with Gasteiger partial charge >= 0.3 is 6.09 Å². The summed E-state index contributed by atoms with van der Waals surface area (Å²) in [6.45, 7) is 6.42. The zero-order valence-corrected chi connectivity index (χ0v) is 20.0. The number of piperidine rings is 1. The van der Waals surface area contributed by atoms with Crippen molar-refractivity contribution in [3.05, 3.63) is 82.9 Å². The van der Waals surface area contributed by atoms with Crippen molar-refractivity contribution < 1.29 is 19.4 Å². The molecular weight excluding hydrogens is 438 g/mol. The lowest BCUT2D eigenvalue weighted by molar-refractivity contribution is -0.154. The van der Waals surface area contributed by atoms with Gasteiger partial charge in [-0.2, -0.15) is 0 Å². The normalized spacial score (nSPS) is 21.2. The summed E-state index contributed by atoms with van der Waals surface area (Å²) >= 11 is 6.07. The maximum absolute atomic E-state index is 12.7. The van der Waals surface area contributed by atoms with Crippen LogP contribution in [0.25, 0.3) is 10.8 Å². The molecule has 33 heavy (non-hydrogen) atoms. The second-order valence-electron chi connectivity index (χ2n) is 9.59. The van der Waals surface area contributed by atoms with Gasteiger partial charge in [0.1, 0.15) is 17.3 Å². The van der Waals surface area contributed by atoms with Crippen LogP contribution in [0.5, 0.6) is 0 Å². The molecule has 0 aliphatic carbocycles. The van der Waals surface area contributed by atoms with E-state index in [1.165, 1.54) is 0 Å². The summed E-state index contributed by atoms with van der Waals surface area (Å²) in [7, 11) is 0. The number of hydrogen-bond acceptors (Lipinski definition) is 4. The topological polar surface area (TPSA) is 59.0 Å². The minimum atomic E-state index is -1.25. The first-order valence-electron chi connectivity index (χ1n) is 11.2. The smallest absolute Gasteiger partial charge is 0.410 e. The Kier molecular flexibility index (Phi) is 6.66. The molecule has 174 valence electrons. The number of halogens is 1. The van der Waals surface area contributed by atoms with E-state index in [-0.39, 0.29) is 6.54 Å². The Labute approximate surface area is 199 Å². The predicted octanol–water partition coefficient (Wildman–Crippen LogP) is 5.91. The highest BCUT2D eigenvalue weighted by atomic mass is 35.5. The van der Waals surface area contributed by atoms with Crippen molar-refractivity contribution in [3.8, 4) is 0 Å². The summed E-state index contributed by atoms with van der Waals surface area (Å²) in [6, 6.07) is 21.5. The fourth-order valence-corrected chi connectivity index (χ4v) is 4.31. The Balaban J connectivity index is 1.57. The van der Waals surface area contributed by atoms with Gasteiger partial charge in [0, 0.05) is 18.0 Å². The lowest BCUT2D eigenvalue weighted by Crippen LogP contribution is -2.56. The van der Waals surface area contributed by atoms with Crippen molar-refractivity contribution >= 4 is 28.5 Å². The zero-order valence-electron chi connectivity index (χ0n) is 19.3. The molecule has 1 N–H and O–H groups in total. The summed E-state index contributed by atoms with van der Waals surface area (Å²) in [5.41, 5.74) is -0.122. The van der Waals surface area contributed by atoms with Gasteiger partial charge in [-0.1, -0.05) is 60.1 Å². The Morgan fingerprint density at radius 1 is 1.09 bits per heavy atom. The standard InChI is InChI=1S/C27H30ClNO4/c1-26(2,3)33-25(30)29-15-14-27(31,22-10-12-23(28)13-11-22)24(17-29)32-18-19-8-9-20-6-4-5-7-21(20)16-19/h4-13,16,24,31H,14-15,17-18H2,1-3H3. The SMILES string of the molecule is CC(C)(C)OC(=O)N1CCC(O)(c2ccc(Cl)cc2)C(OCc2ccc3ccccc3c2)C1. The Hall–Kier alpha value is -2.60. The van der Waals surface area contributed by atoms with Gasteiger partial charge in [-0.3, -0.25) is 0 Å². The van der Waals surface area contributed by atoms with Gasteiger partial charge in [-0.25, -0.2) is 4.79 Å². The highest BCUT2D eigenvalue weighted by molar-refractivity contribution is 6.30. The van der Waals surface area contributed by atoms with Crippen molar-refractivity contribution in [2.24, 2.45) is 0 Å². The molecule has 2 atom stereocenters. The molecule has 0 saturated carbocycles. The highest BCUT2D eigenvalue weighted by Gasteiger charge is 2.45. The van der Waals surface area contributed by atoms with Crippen LogP contribution >= 0.6 is 11.6 Å². The van der Waals surface area contributed by atoms with Crippen LogP contribution in [0, 0.1) is 0 Å². The number of likely N-dealkylation sites (tertiary alicyclic amines) is 1. The third-order valence-electron chi connectivity index (χ3n) is 5.94. The van der Waals surface area contributed by atoms with Crippen molar-refractivity contribution in [1.29, 1.82) is 0 Å². The van der Waals surface area contributed by atoms with Crippen LogP contribution in [-0.2, 0) is 21.7 Å². The van der Waals surface area contributed by atoms with E-state index in [1.807, 2.05) is 51.1 Å². The van der Waals surface area contributed by atoms with E-state index in [0.717, 1.165) is 21.9 Å². The molecule has 6 heteroatoms. The first-order valence-corrected chi connectivity index (χ1v) is 11.6. The number of carbonyl (C=O) groups excluding carboxylic acids is 1. The summed E-state index contributed by atoms with van der Waals surface area (Å²) < 4.78 is 11.9. The lowest BCUT2D eigenvalue weighted by atomic mass is 9.82. The van der Waals surface area contributed by atoms with Gasteiger partial charge in [-0.05, 0) is 60.9 Å². The number of hydrogen-bond donors (Lipinski definition) is 1. The van der Waals surface area contributed by atoms with Gasteiger partial charge in [-0.15, -0.1) is 0 Å². The van der Waals surface area contributed by atoms with E-state index in [1.54, 1.807) is 17.0 Å². The van der Waals surface area contributed by atoms with Crippen molar-refractivity contribution in [2.75, 3.05) is 13.1 Å².